The molecule has 4 saturated carbocycles. The smallest absolute Gasteiger partial charge is 0.312 e. The third-order valence-electron chi connectivity index (χ3n) is 7.10. The van der Waals surface area contributed by atoms with Gasteiger partial charge in [-0.15, -0.1) is 0 Å². The van der Waals surface area contributed by atoms with Gasteiger partial charge in [0, 0.05) is 5.92 Å². The second kappa shape index (κ2) is 4.48. The van der Waals surface area contributed by atoms with E-state index in [1.165, 1.54) is 25.7 Å². The molecule has 4 aliphatic carbocycles. The minimum absolute atomic E-state index is 0.0159. The molecule has 4 bridgehead atoms. The van der Waals surface area contributed by atoms with Crippen molar-refractivity contribution in [2.24, 2.45) is 35.0 Å². The van der Waals surface area contributed by atoms with Crippen LogP contribution in [0.25, 0.3) is 0 Å². The van der Waals surface area contributed by atoms with Crippen molar-refractivity contribution < 1.29 is 9.53 Å². The zero-order valence-corrected chi connectivity index (χ0v) is 13.7. The molecule has 2 nitrogen and oxygen atoms in total. The molecule has 0 radical (unpaired) electrons. The summed E-state index contributed by atoms with van der Waals surface area (Å²) in [4.78, 5) is 12.6. The molecule has 4 aliphatic rings. The molecule has 0 aromatic rings. The van der Waals surface area contributed by atoms with Crippen molar-refractivity contribution in [1.29, 1.82) is 0 Å². The third kappa shape index (κ3) is 1.94. The predicted molar refractivity (Wildman–Crippen MR) is 80.2 cm³/mol. The molecule has 0 spiro atoms. The fraction of sp³-hybridized carbons (Fsp3) is 0.944. The van der Waals surface area contributed by atoms with Gasteiger partial charge >= 0.3 is 5.97 Å². The summed E-state index contributed by atoms with van der Waals surface area (Å²) in [5.74, 6) is 3.75. The molecule has 0 aliphatic heterocycles. The van der Waals surface area contributed by atoms with Gasteiger partial charge in [-0.1, -0.05) is 13.8 Å². The summed E-state index contributed by atoms with van der Waals surface area (Å²) < 4.78 is 6.20. The standard InChI is InChI=1S/C18H30O2/c1-6-17(3,4)16(19)20-18(5)14-8-12-7-13(10-14)11(2)15(18)9-12/h11-15H,6-10H2,1-5H3. The maximum absolute atomic E-state index is 12.6. The Kier molecular flexibility index (Phi) is 3.23. The fourth-order valence-corrected chi connectivity index (χ4v) is 5.18. The van der Waals surface area contributed by atoms with Crippen LogP contribution < -0.4 is 0 Å². The molecule has 0 aromatic heterocycles. The lowest BCUT2D eigenvalue weighted by Gasteiger charge is -2.62. The number of carbonyl (C=O) groups is 1. The van der Waals surface area contributed by atoms with Gasteiger partial charge in [0.2, 0.25) is 0 Å². The molecule has 6 atom stereocenters. The van der Waals surface area contributed by atoms with Gasteiger partial charge in [0.1, 0.15) is 5.60 Å². The highest BCUT2D eigenvalue weighted by atomic mass is 16.6. The molecule has 0 heterocycles. The van der Waals surface area contributed by atoms with E-state index in [9.17, 15) is 4.79 Å². The molecular formula is C18H30O2. The normalized spacial score (nSPS) is 46.5. The van der Waals surface area contributed by atoms with Gasteiger partial charge in [-0.2, -0.15) is 0 Å². The predicted octanol–water partition coefficient (Wildman–Crippen LogP) is 4.43. The Morgan fingerprint density at radius 2 is 1.95 bits per heavy atom. The Hall–Kier alpha value is -0.530. The molecule has 0 saturated heterocycles. The van der Waals surface area contributed by atoms with Gasteiger partial charge in [0.15, 0.2) is 0 Å². The van der Waals surface area contributed by atoms with Crippen molar-refractivity contribution >= 4 is 5.97 Å². The van der Waals surface area contributed by atoms with Crippen LogP contribution in [0.2, 0.25) is 0 Å². The van der Waals surface area contributed by atoms with Crippen molar-refractivity contribution in [3.8, 4) is 0 Å². The molecule has 4 fully saturated rings. The zero-order chi connectivity index (χ0) is 14.7. The Labute approximate surface area is 123 Å². The maximum Gasteiger partial charge on any atom is 0.312 e. The summed E-state index contributed by atoms with van der Waals surface area (Å²) >= 11 is 0. The second-order valence-corrected chi connectivity index (χ2v) is 8.54. The topological polar surface area (TPSA) is 26.3 Å². The van der Waals surface area contributed by atoms with Crippen LogP contribution in [-0.4, -0.2) is 11.6 Å². The largest absolute Gasteiger partial charge is 0.458 e. The molecule has 20 heavy (non-hydrogen) atoms. The van der Waals surface area contributed by atoms with Gasteiger partial charge in [0.05, 0.1) is 5.41 Å². The first-order chi connectivity index (χ1) is 9.28. The first kappa shape index (κ1) is 14.4. The highest BCUT2D eigenvalue weighted by molar-refractivity contribution is 5.76. The van der Waals surface area contributed by atoms with E-state index in [1.54, 1.807) is 0 Å². The Morgan fingerprint density at radius 1 is 1.25 bits per heavy atom. The van der Waals surface area contributed by atoms with Crippen molar-refractivity contribution in [2.45, 2.75) is 72.3 Å². The highest BCUT2D eigenvalue weighted by Crippen LogP contribution is 2.61. The van der Waals surface area contributed by atoms with Crippen molar-refractivity contribution in [1.82, 2.24) is 0 Å². The van der Waals surface area contributed by atoms with Gasteiger partial charge in [0.25, 0.3) is 0 Å². The fourth-order valence-electron chi connectivity index (χ4n) is 5.18. The molecular weight excluding hydrogens is 248 g/mol. The molecule has 6 unspecified atom stereocenters. The maximum atomic E-state index is 12.6. The highest BCUT2D eigenvalue weighted by Gasteiger charge is 2.60. The lowest BCUT2D eigenvalue weighted by Crippen LogP contribution is -2.61. The quantitative estimate of drug-likeness (QED) is 0.714. The molecule has 4 rings (SSSR count). The first-order valence-corrected chi connectivity index (χ1v) is 8.51. The summed E-state index contributed by atoms with van der Waals surface area (Å²) in [5, 5.41) is 0. The summed E-state index contributed by atoms with van der Waals surface area (Å²) in [6.07, 6.45) is 6.13. The van der Waals surface area contributed by atoms with Crippen LogP contribution in [-0.2, 0) is 9.53 Å². The SMILES string of the molecule is CCC(C)(C)C(=O)OC1(C)C2CC3CC(C2)C(C)C1C3. The molecule has 114 valence electrons. The minimum Gasteiger partial charge on any atom is -0.458 e. The van der Waals surface area contributed by atoms with Crippen molar-refractivity contribution in [3.63, 3.8) is 0 Å². The molecule has 0 amide bonds. The minimum atomic E-state index is -0.346. The van der Waals surface area contributed by atoms with Gasteiger partial charge in [-0.25, -0.2) is 0 Å². The first-order valence-electron chi connectivity index (χ1n) is 8.51. The van der Waals surface area contributed by atoms with Gasteiger partial charge in [-0.05, 0) is 76.5 Å². The number of esters is 1. The number of rotatable bonds is 3. The Bertz CT molecular complexity index is 414. The summed E-state index contributed by atoms with van der Waals surface area (Å²) in [5.41, 5.74) is -0.544. The lowest BCUT2D eigenvalue weighted by molar-refractivity contribution is -0.223. The molecule has 0 aromatic carbocycles. The Balaban J connectivity index is 1.83. The monoisotopic (exact) mass is 278 g/mol. The van der Waals surface area contributed by atoms with Crippen LogP contribution in [0.5, 0.6) is 0 Å². The van der Waals surface area contributed by atoms with Crippen LogP contribution in [0, 0.1) is 35.0 Å². The average molecular weight is 278 g/mol. The number of carbonyl (C=O) groups excluding carboxylic acids is 1. The van der Waals surface area contributed by atoms with E-state index >= 15 is 0 Å². The zero-order valence-electron chi connectivity index (χ0n) is 13.7. The van der Waals surface area contributed by atoms with Crippen LogP contribution >= 0.6 is 0 Å². The van der Waals surface area contributed by atoms with Gasteiger partial charge < -0.3 is 4.74 Å². The van der Waals surface area contributed by atoms with Crippen LogP contribution in [0.4, 0.5) is 0 Å². The van der Waals surface area contributed by atoms with Crippen LogP contribution in [0.1, 0.15) is 66.7 Å². The summed E-state index contributed by atoms with van der Waals surface area (Å²) in [6, 6.07) is 0. The number of ether oxygens (including phenoxy) is 1. The van der Waals surface area contributed by atoms with Crippen molar-refractivity contribution in [2.75, 3.05) is 0 Å². The molecule has 2 heteroatoms. The summed E-state index contributed by atoms with van der Waals surface area (Å²) in [6.45, 7) is 10.7. The van der Waals surface area contributed by atoms with E-state index in [0.29, 0.717) is 11.8 Å². The second-order valence-electron chi connectivity index (χ2n) is 8.54. The van der Waals surface area contributed by atoms with E-state index in [0.717, 1.165) is 24.2 Å². The third-order valence-corrected chi connectivity index (χ3v) is 7.10. The van der Waals surface area contributed by atoms with E-state index in [2.05, 4.69) is 20.8 Å². The number of hydrogen-bond donors (Lipinski definition) is 0. The number of hydrogen-bond acceptors (Lipinski definition) is 2. The summed E-state index contributed by atoms with van der Waals surface area (Å²) in [7, 11) is 0. The Morgan fingerprint density at radius 3 is 2.60 bits per heavy atom. The van der Waals surface area contributed by atoms with Crippen molar-refractivity contribution in [3.05, 3.63) is 0 Å². The lowest BCUT2D eigenvalue weighted by atomic mass is 9.46. The van der Waals surface area contributed by atoms with E-state index in [-0.39, 0.29) is 17.0 Å². The van der Waals surface area contributed by atoms with Crippen LogP contribution in [0.15, 0.2) is 0 Å². The van der Waals surface area contributed by atoms with Crippen LogP contribution in [0.3, 0.4) is 0 Å². The average Bonchev–Trinajstić information content (AvgIpc) is 2.40. The molecule has 0 N–H and O–H groups in total. The van der Waals surface area contributed by atoms with E-state index < -0.39 is 0 Å². The van der Waals surface area contributed by atoms with Gasteiger partial charge in [-0.3, -0.25) is 4.79 Å². The van der Waals surface area contributed by atoms with E-state index in [4.69, 9.17) is 4.74 Å². The van der Waals surface area contributed by atoms with E-state index in [1.807, 2.05) is 13.8 Å².